The number of halogens is 1. The Morgan fingerprint density at radius 2 is 2.00 bits per heavy atom. The molecule has 28 heavy (non-hydrogen) atoms. The monoisotopic (exact) mass is 446 g/mol. The van der Waals surface area contributed by atoms with Gasteiger partial charge in [-0.2, -0.15) is 0 Å². The third kappa shape index (κ3) is 4.35. The van der Waals surface area contributed by atoms with E-state index in [1.165, 1.54) is 7.11 Å². The van der Waals surface area contributed by atoms with Crippen LogP contribution < -0.4 is 4.90 Å². The van der Waals surface area contributed by atoms with E-state index in [1.54, 1.807) is 12.1 Å². The van der Waals surface area contributed by atoms with Crippen molar-refractivity contribution in [3.63, 3.8) is 0 Å². The predicted molar refractivity (Wildman–Crippen MR) is 110 cm³/mol. The molecule has 1 aliphatic rings. The number of hydrogen-bond acceptors (Lipinski definition) is 6. The van der Waals surface area contributed by atoms with Crippen LogP contribution in [0.25, 0.3) is 0 Å². The van der Waals surface area contributed by atoms with Crippen molar-refractivity contribution in [1.29, 1.82) is 0 Å². The van der Waals surface area contributed by atoms with Gasteiger partial charge in [0.2, 0.25) is 0 Å². The number of aromatic nitrogens is 1. The number of ether oxygens (including phenoxy) is 2. The first-order valence-electron chi connectivity index (χ1n) is 9.18. The van der Waals surface area contributed by atoms with Crippen LogP contribution in [-0.2, 0) is 22.4 Å². The lowest BCUT2D eigenvalue weighted by Crippen LogP contribution is -2.32. The molecular formula is C21H23BrN2O4. The highest BCUT2D eigenvalue weighted by atomic mass is 79.9. The van der Waals surface area contributed by atoms with E-state index in [9.17, 15) is 9.59 Å². The first-order valence-corrected chi connectivity index (χ1v) is 9.97. The maximum atomic E-state index is 12.4. The van der Waals surface area contributed by atoms with Gasteiger partial charge in [0.05, 0.1) is 23.8 Å². The number of benzene rings is 1. The number of methoxy groups -OCH3 is 1. The van der Waals surface area contributed by atoms with Gasteiger partial charge in [0.1, 0.15) is 5.82 Å². The summed E-state index contributed by atoms with van der Waals surface area (Å²) in [5.74, 6) is 0.127. The van der Waals surface area contributed by atoms with Crippen molar-refractivity contribution in [1.82, 2.24) is 4.98 Å². The van der Waals surface area contributed by atoms with Crippen molar-refractivity contribution in [2.75, 3.05) is 25.2 Å². The molecule has 2 aromatic rings. The molecule has 2 heterocycles. The minimum Gasteiger partial charge on any atom is -0.465 e. The quantitative estimate of drug-likeness (QED) is 0.646. The van der Waals surface area contributed by atoms with Crippen molar-refractivity contribution in [3.8, 4) is 0 Å². The fraction of sp³-hybridized carbons (Fsp3) is 0.381. The lowest BCUT2D eigenvalue weighted by Gasteiger charge is -2.31. The molecule has 1 aromatic heterocycles. The maximum Gasteiger partial charge on any atom is 0.358 e. The lowest BCUT2D eigenvalue weighted by atomic mass is 9.95. The van der Waals surface area contributed by atoms with E-state index in [0.717, 1.165) is 24.1 Å². The zero-order chi connectivity index (χ0) is 20.3. The van der Waals surface area contributed by atoms with Crippen molar-refractivity contribution in [2.45, 2.75) is 26.8 Å². The smallest absolute Gasteiger partial charge is 0.358 e. The zero-order valence-electron chi connectivity index (χ0n) is 16.2. The Balaban J connectivity index is 1.87. The van der Waals surface area contributed by atoms with Crippen molar-refractivity contribution < 1.29 is 19.1 Å². The molecule has 6 nitrogen and oxygen atoms in total. The third-order valence-corrected chi connectivity index (χ3v) is 5.21. The van der Waals surface area contributed by atoms with Crippen LogP contribution in [0.1, 0.15) is 45.8 Å². The Morgan fingerprint density at radius 3 is 2.71 bits per heavy atom. The van der Waals surface area contributed by atoms with Gasteiger partial charge < -0.3 is 14.4 Å². The Morgan fingerprint density at radius 1 is 1.21 bits per heavy atom. The minimum atomic E-state index is -0.449. The van der Waals surface area contributed by atoms with E-state index < -0.39 is 5.97 Å². The highest BCUT2D eigenvalue weighted by Gasteiger charge is 2.24. The van der Waals surface area contributed by atoms with Gasteiger partial charge >= 0.3 is 11.9 Å². The molecule has 0 bridgehead atoms. The number of fused-ring (bicyclic) bond motifs is 1. The van der Waals surface area contributed by atoms with Crippen LogP contribution in [0.4, 0.5) is 5.82 Å². The molecule has 1 aliphatic heterocycles. The molecule has 0 fully saturated rings. The molecule has 0 N–H and O–H groups in total. The minimum absolute atomic E-state index is 0.251. The van der Waals surface area contributed by atoms with E-state index in [-0.39, 0.29) is 17.6 Å². The van der Waals surface area contributed by atoms with E-state index in [2.05, 4.69) is 25.8 Å². The van der Waals surface area contributed by atoms with Crippen LogP contribution in [-0.4, -0.2) is 37.2 Å². The normalized spacial score (nSPS) is 13.2. The summed E-state index contributed by atoms with van der Waals surface area (Å²) in [7, 11) is 1.38. The van der Waals surface area contributed by atoms with Gasteiger partial charge in [-0.3, -0.25) is 0 Å². The van der Waals surface area contributed by atoms with Gasteiger partial charge in [0, 0.05) is 13.1 Å². The van der Waals surface area contributed by atoms with Gasteiger partial charge in [-0.25, -0.2) is 14.6 Å². The maximum absolute atomic E-state index is 12.4. The average molecular weight is 447 g/mol. The van der Waals surface area contributed by atoms with E-state index in [0.29, 0.717) is 29.0 Å². The van der Waals surface area contributed by atoms with E-state index >= 15 is 0 Å². The fourth-order valence-electron chi connectivity index (χ4n) is 3.14. The summed E-state index contributed by atoms with van der Waals surface area (Å²) in [5, 5.41) is 0. The Kier molecular flexibility index (Phi) is 6.34. The number of anilines is 1. The molecule has 0 radical (unpaired) electrons. The predicted octanol–water partition coefficient (Wildman–Crippen LogP) is 4.01. The summed E-state index contributed by atoms with van der Waals surface area (Å²) in [6.07, 6.45) is 0.783. The Bertz CT molecular complexity index is 898. The Hall–Kier alpha value is -2.41. The topological polar surface area (TPSA) is 68.7 Å². The second kappa shape index (κ2) is 8.73. The SMILES string of the molecule is COC(=O)c1cccc2c1CN(c1ccc(Br)c(C(=O)OCC(C)C)n1)CC2. The zero-order valence-corrected chi connectivity index (χ0v) is 17.8. The summed E-state index contributed by atoms with van der Waals surface area (Å²) >= 11 is 3.38. The molecule has 0 saturated carbocycles. The molecule has 0 aliphatic carbocycles. The summed E-state index contributed by atoms with van der Waals surface area (Å²) in [5.41, 5.74) is 2.89. The average Bonchev–Trinajstić information content (AvgIpc) is 2.70. The number of pyridine rings is 1. The second-order valence-corrected chi connectivity index (χ2v) is 7.95. The van der Waals surface area contributed by atoms with Crippen LogP contribution in [0.5, 0.6) is 0 Å². The molecule has 7 heteroatoms. The number of carbonyl (C=O) groups is 2. The van der Waals surface area contributed by atoms with Gasteiger partial charge in [-0.1, -0.05) is 26.0 Å². The molecule has 0 unspecified atom stereocenters. The first-order chi connectivity index (χ1) is 13.4. The summed E-state index contributed by atoms with van der Waals surface area (Å²) < 4.78 is 10.8. The molecule has 0 atom stereocenters. The Labute approximate surface area is 173 Å². The second-order valence-electron chi connectivity index (χ2n) is 7.10. The highest BCUT2D eigenvalue weighted by molar-refractivity contribution is 9.10. The largest absolute Gasteiger partial charge is 0.465 e. The van der Waals surface area contributed by atoms with Crippen molar-refractivity contribution >= 4 is 33.7 Å². The molecule has 1 aromatic carbocycles. The molecule has 148 valence electrons. The van der Waals surface area contributed by atoms with E-state index in [4.69, 9.17) is 9.47 Å². The molecule has 3 rings (SSSR count). The van der Waals surface area contributed by atoms with E-state index in [1.807, 2.05) is 32.0 Å². The standard InChI is InChI=1S/C21H23BrN2O4/c1-13(2)12-28-21(26)19-17(22)7-8-18(23-19)24-10-9-14-5-4-6-15(16(14)11-24)20(25)27-3/h4-8,13H,9-12H2,1-3H3. The van der Waals surface area contributed by atoms with Crippen molar-refractivity contribution in [2.24, 2.45) is 5.92 Å². The third-order valence-electron chi connectivity index (χ3n) is 4.57. The summed E-state index contributed by atoms with van der Waals surface area (Å²) in [6.45, 7) is 5.58. The number of hydrogen-bond donors (Lipinski definition) is 0. The van der Waals surface area contributed by atoms with Crippen LogP contribution in [0.15, 0.2) is 34.8 Å². The number of nitrogens with zero attached hydrogens (tertiary/aromatic N) is 2. The molecule has 0 spiro atoms. The van der Waals surface area contributed by atoms with Gasteiger partial charge in [-0.05, 0) is 57.6 Å². The molecule has 0 amide bonds. The first kappa shape index (κ1) is 20.3. The highest BCUT2D eigenvalue weighted by Crippen LogP contribution is 2.28. The lowest BCUT2D eigenvalue weighted by molar-refractivity contribution is 0.0450. The molecule has 0 saturated heterocycles. The van der Waals surface area contributed by atoms with Crippen LogP contribution in [0.3, 0.4) is 0 Å². The van der Waals surface area contributed by atoms with Gasteiger partial charge in [0.25, 0.3) is 0 Å². The van der Waals surface area contributed by atoms with Gasteiger partial charge in [-0.15, -0.1) is 0 Å². The van der Waals surface area contributed by atoms with Crippen LogP contribution in [0.2, 0.25) is 0 Å². The number of rotatable bonds is 5. The van der Waals surface area contributed by atoms with Crippen LogP contribution in [0, 0.1) is 5.92 Å². The summed E-state index contributed by atoms with van der Waals surface area (Å²) in [4.78, 5) is 31.1. The number of carbonyl (C=O) groups excluding carboxylic acids is 2. The number of esters is 2. The van der Waals surface area contributed by atoms with Crippen LogP contribution >= 0.6 is 15.9 Å². The summed E-state index contributed by atoms with van der Waals surface area (Å²) in [6, 6.07) is 9.34. The molecular weight excluding hydrogens is 424 g/mol. The van der Waals surface area contributed by atoms with Crippen molar-refractivity contribution in [3.05, 3.63) is 57.2 Å². The fourth-order valence-corrected chi connectivity index (χ4v) is 3.52. The van der Waals surface area contributed by atoms with Gasteiger partial charge in [0.15, 0.2) is 5.69 Å².